The van der Waals surface area contributed by atoms with Gasteiger partial charge in [0.25, 0.3) is 5.91 Å². The maximum absolute atomic E-state index is 12.6. The molecule has 0 saturated carbocycles. The first kappa shape index (κ1) is 14.9. The van der Waals surface area contributed by atoms with E-state index in [1.807, 2.05) is 18.2 Å². The van der Waals surface area contributed by atoms with Crippen LogP contribution in [-0.2, 0) is 4.79 Å². The van der Waals surface area contributed by atoms with Crippen LogP contribution >= 0.6 is 0 Å². The number of amides is 2. The summed E-state index contributed by atoms with van der Waals surface area (Å²) in [6.45, 7) is 3.35. The minimum atomic E-state index is -0.546. The van der Waals surface area contributed by atoms with E-state index in [9.17, 15) is 9.59 Å². The van der Waals surface area contributed by atoms with Crippen LogP contribution in [0.15, 0.2) is 40.9 Å². The summed E-state index contributed by atoms with van der Waals surface area (Å²) in [6.07, 6.45) is 0.668. The van der Waals surface area contributed by atoms with Gasteiger partial charge in [-0.2, -0.15) is 0 Å². The predicted octanol–water partition coefficient (Wildman–Crippen LogP) is 1.73. The van der Waals surface area contributed by atoms with Crippen molar-refractivity contribution in [3.63, 3.8) is 0 Å². The van der Waals surface area contributed by atoms with Gasteiger partial charge >= 0.3 is 0 Å². The van der Waals surface area contributed by atoms with Crippen molar-refractivity contribution in [2.24, 2.45) is 5.41 Å². The van der Waals surface area contributed by atoms with Crippen LogP contribution in [-0.4, -0.2) is 41.5 Å². The van der Waals surface area contributed by atoms with E-state index in [-0.39, 0.29) is 17.7 Å². The molecule has 1 N–H and O–H groups in total. The fourth-order valence-electron chi connectivity index (χ4n) is 3.95. The Labute approximate surface area is 139 Å². The van der Waals surface area contributed by atoms with Crippen LogP contribution in [0.25, 0.3) is 0 Å². The third-order valence-corrected chi connectivity index (χ3v) is 5.22. The molecule has 2 atom stereocenters. The SMILES string of the molecule is Cc1cc(C(=O)N2CC[C@]3(C2)C(=O)NC[C@@H]3c2ccccc2)no1. The van der Waals surface area contributed by atoms with Gasteiger partial charge in [-0.15, -0.1) is 0 Å². The second kappa shape index (κ2) is 5.47. The van der Waals surface area contributed by atoms with Crippen LogP contribution in [0.3, 0.4) is 0 Å². The molecule has 0 unspecified atom stereocenters. The molecular weight excluding hydrogens is 306 g/mol. The third-order valence-electron chi connectivity index (χ3n) is 5.22. The number of aromatic nitrogens is 1. The molecule has 1 aromatic carbocycles. The van der Waals surface area contributed by atoms with Gasteiger partial charge in [0.05, 0.1) is 5.41 Å². The fraction of sp³-hybridized carbons (Fsp3) is 0.389. The van der Waals surface area contributed by atoms with Gasteiger partial charge in [-0.25, -0.2) is 0 Å². The lowest BCUT2D eigenvalue weighted by Gasteiger charge is -2.28. The van der Waals surface area contributed by atoms with Crippen LogP contribution in [0, 0.1) is 12.3 Å². The highest BCUT2D eigenvalue weighted by Gasteiger charge is 2.55. The standard InChI is InChI=1S/C18H19N3O3/c1-12-9-15(20-24-12)16(22)21-8-7-18(11-21)14(10-19-17(18)23)13-5-3-2-4-6-13/h2-6,9,14H,7-8,10-11H2,1H3,(H,19,23)/t14-,18-/m1/s1. The van der Waals surface area contributed by atoms with Gasteiger partial charge in [-0.05, 0) is 18.9 Å². The molecule has 2 aromatic rings. The molecule has 1 spiro atoms. The van der Waals surface area contributed by atoms with Crippen LogP contribution in [0.1, 0.15) is 34.2 Å². The van der Waals surface area contributed by atoms with Gasteiger partial charge in [-0.1, -0.05) is 35.5 Å². The second-order valence-corrected chi connectivity index (χ2v) is 6.63. The highest BCUT2D eigenvalue weighted by Crippen LogP contribution is 2.47. The number of nitrogens with one attached hydrogen (secondary N) is 1. The summed E-state index contributed by atoms with van der Waals surface area (Å²) in [7, 11) is 0. The Morgan fingerprint density at radius 2 is 2.17 bits per heavy atom. The Morgan fingerprint density at radius 3 is 2.88 bits per heavy atom. The van der Waals surface area contributed by atoms with E-state index >= 15 is 0 Å². The molecule has 24 heavy (non-hydrogen) atoms. The first-order chi connectivity index (χ1) is 11.6. The van der Waals surface area contributed by atoms with Crippen molar-refractivity contribution in [3.8, 4) is 0 Å². The van der Waals surface area contributed by atoms with Gasteiger partial charge in [-0.3, -0.25) is 9.59 Å². The molecule has 0 bridgehead atoms. The van der Waals surface area contributed by atoms with E-state index in [4.69, 9.17) is 4.52 Å². The zero-order valence-corrected chi connectivity index (χ0v) is 13.5. The summed E-state index contributed by atoms with van der Waals surface area (Å²) in [5.41, 5.74) is 0.900. The fourth-order valence-corrected chi connectivity index (χ4v) is 3.95. The van der Waals surface area contributed by atoms with Gasteiger partial charge in [0.15, 0.2) is 5.69 Å². The molecule has 2 amide bonds. The topological polar surface area (TPSA) is 75.4 Å². The van der Waals surface area contributed by atoms with Crippen molar-refractivity contribution in [3.05, 3.63) is 53.4 Å². The number of hydrogen-bond donors (Lipinski definition) is 1. The lowest BCUT2D eigenvalue weighted by atomic mass is 9.73. The molecule has 2 aliphatic heterocycles. The molecule has 124 valence electrons. The van der Waals surface area contributed by atoms with E-state index in [0.717, 1.165) is 5.56 Å². The number of likely N-dealkylation sites (tertiary alicyclic amines) is 1. The maximum atomic E-state index is 12.6. The van der Waals surface area contributed by atoms with E-state index in [1.165, 1.54) is 0 Å². The van der Waals surface area contributed by atoms with E-state index in [0.29, 0.717) is 37.5 Å². The van der Waals surface area contributed by atoms with Crippen molar-refractivity contribution in [1.29, 1.82) is 0 Å². The minimum absolute atomic E-state index is 0.0444. The third kappa shape index (κ3) is 2.21. The van der Waals surface area contributed by atoms with E-state index < -0.39 is 5.41 Å². The number of aryl methyl sites for hydroxylation is 1. The lowest BCUT2D eigenvalue weighted by Crippen LogP contribution is -2.39. The average molecular weight is 325 g/mol. The number of carbonyl (C=O) groups excluding carboxylic acids is 2. The Morgan fingerprint density at radius 1 is 1.38 bits per heavy atom. The van der Waals surface area contributed by atoms with Crippen molar-refractivity contribution < 1.29 is 14.1 Å². The number of hydrogen-bond acceptors (Lipinski definition) is 4. The lowest BCUT2D eigenvalue weighted by molar-refractivity contribution is -0.127. The number of nitrogens with zero attached hydrogens (tertiary/aromatic N) is 2. The average Bonchev–Trinajstić information content (AvgIpc) is 3.30. The zero-order valence-electron chi connectivity index (χ0n) is 13.5. The molecule has 0 radical (unpaired) electrons. The van der Waals surface area contributed by atoms with E-state index in [2.05, 4.69) is 22.6 Å². The minimum Gasteiger partial charge on any atom is -0.361 e. The molecule has 0 aliphatic carbocycles. The van der Waals surface area contributed by atoms with Crippen LogP contribution in [0.2, 0.25) is 0 Å². The Balaban J connectivity index is 1.61. The first-order valence-corrected chi connectivity index (χ1v) is 8.16. The van der Waals surface area contributed by atoms with Crippen LogP contribution in [0.4, 0.5) is 0 Å². The Bertz CT molecular complexity index is 786. The van der Waals surface area contributed by atoms with Crippen molar-refractivity contribution in [1.82, 2.24) is 15.4 Å². The summed E-state index contributed by atoms with van der Waals surface area (Å²) < 4.78 is 5.00. The monoisotopic (exact) mass is 325 g/mol. The zero-order chi connectivity index (χ0) is 16.7. The van der Waals surface area contributed by atoms with Gasteiger partial charge in [0.2, 0.25) is 5.91 Å². The summed E-state index contributed by atoms with van der Waals surface area (Å²) in [6, 6.07) is 11.7. The smallest absolute Gasteiger partial charge is 0.276 e. The summed E-state index contributed by atoms with van der Waals surface area (Å²) in [5.74, 6) is 0.564. The Hall–Kier alpha value is -2.63. The normalized spacial score (nSPS) is 26.1. The largest absolute Gasteiger partial charge is 0.361 e. The van der Waals surface area contributed by atoms with Gasteiger partial charge in [0.1, 0.15) is 5.76 Å². The predicted molar refractivity (Wildman–Crippen MR) is 86.4 cm³/mol. The quantitative estimate of drug-likeness (QED) is 0.912. The molecule has 2 fully saturated rings. The molecule has 6 nitrogen and oxygen atoms in total. The number of rotatable bonds is 2. The molecule has 6 heteroatoms. The maximum Gasteiger partial charge on any atom is 0.276 e. The molecule has 2 aliphatic rings. The Kier molecular flexibility index (Phi) is 3.40. The molecular formula is C18H19N3O3. The van der Waals surface area contributed by atoms with Crippen LogP contribution < -0.4 is 5.32 Å². The second-order valence-electron chi connectivity index (χ2n) is 6.63. The van der Waals surface area contributed by atoms with Gasteiger partial charge < -0.3 is 14.7 Å². The first-order valence-electron chi connectivity index (χ1n) is 8.16. The summed E-state index contributed by atoms with van der Waals surface area (Å²) in [4.78, 5) is 26.9. The van der Waals surface area contributed by atoms with Crippen LogP contribution in [0.5, 0.6) is 0 Å². The van der Waals surface area contributed by atoms with Gasteiger partial charge in [0, 0.05) is 31.6 Å². The molecule has 4 rings (SSSR count). The number of carbonyl (C=O) groups is 2. The highest BCUT2D eigenvalue weighted by atomic mass is 16.5. The summed E-state index contributed by atoms with van der Waals surface area (Å²) in [5, 5.41) is 6.80. The van der Waals surface area contributed by atoms with Crippen molar-refractivity contribution >= 4 is 11.8 Å². The highest BCUT2D eigenvalue weighted by molar-refractivity contribution is 5.94. The van der Waals surface area contributed by atoms with Crippen molar-refractivity contribution in [2.45, 2.75) is 19.3 Å². The molecule has 3 heterocycles. The molecule has 1 aromatic heterocycles. The number of benzene rings is 1. The van der Waals surface area contributed by atoms with Crippen molar-refractivity contribution in [2.75, 3.05) is 19.6 Å². The van der Waals surface area contributed by atoms with E-state index in [1.54, 1.807) is 17.9 Å². The molecule has 2 saturated heterocycles. The summed E-state index contributed by atoms with van der Waals surface area (Å²) >= 11 is 0.